The molecule has 0 radical (unpaired) electrons. The van der Waals surface area contributed by atoms with E-state index < -0.39 is 0 Å². The Kier molecular flexibility index (Phi) is 7.52. The Morgan fingerprint density at radius 3 is 2.02 bits per heavy atom. The molecule has 260 valence electrons. The molecule has 54 heavy (non-hydrogen) atoms. The molecule has 0 aliphatic heterocycles. The van der Waals surface area contributed by atoms with Crippen molar-refractivity contribution >= 4 is 44.6 Å². The molecular formula is C51H41N3. The first-order valence-corrected chi connectivity index (χ1v) is 19.0. The lowest BCUT2D eigenvalue weighted by atomic mass is 9.82. The molecule has 2 aliphatic carbocycles. The molecule has 0 saturated carbocycles. The molecule has 3 nitrogen and oxygen atoms in total. The number of pyridine rings is 1. The average Bonchev–Trinajstić information content (AvgIpc) is 3.67. The van der Waals surface area contributed by atoms with Gasteiger partial charge in [-0.1, -0.05) is 118 Å². The van der Waals surface area contributed by atoms with Gasteiger partial charge in [0, 0.05) is 51.3 Å². The zero-order valence-electron chi connectivity index (χ0n) is 30.9. The summed E-state index contributed by atoms with van der Waals surface area (Å²) in [5.74, 6) is 0.525. The van der Waals surface area contributed by atoms with Crippen LogP contribution in [0, 0.1) is 5.92 Å². The van der Waals surface area contributed by atoms with Gasteiger partial charge >= 0.3 is 0 Å². The summed E-state index contributed by atoms with van der Waals surface area (Å²) in [6, 6.07) is 53.7. The fraction of sp³-hybridized carbons (Fsp3) is 0.118. The van der Waals surface area contributed by atoms with Crippen molar-refractivity contribution in [2.75, 3.05) is 4.90 Å². The van der Waals surface area contributed by atoms with Crippen LogP contribution in [-0.4, -0.2) is 9.55 Å². The summed E-state index contributed by atoms with van der Waals surface area (Å²) < 4.78 is 2.46. The van der Waals surface area contributed by atoms with E-state index in [0.29, 0.717) is 5.92 Å². The lowest BCUT2D eigenvalue weighted by Crippen LogP contribution is -2.16. The van der Waals surface area contributed by atoms with Crippen molar-refractivity contribution in [3.63, 3.8) is 0 Å². The summed E-state index contributed by atoms with van der Waals surface area (Å²) in [4.78, 5) is 6.74. The Morgan fingerprint density at radius 1 is 0.593 bits per heavy atom. The summed E-state index contributed by atoms with van der Waals surface area (Å²) in [5, 5.41) is 2.57. The number of nitrogens with zero attached hydrogens (tertiary/aromatic N) is 3. The van der Waals surface area contributed by atoms with Crippen molar-refractivity contribution in [3.8, 4) is 33.4 Å². The molecule has 2 aliphatic rings. The molecule has 0 fully saturated rings. The summed E-state index contributed by atoms with van der Waals surface area (Å²) in [6.45, 7) is 6.99. The molecule has 2 aromatic heterocycles. The third-order valence-electron chi connectivity index (χ3n) is 11.6. The van der Waals surface area contributed by atoms with Crippen molar-refractivity contribution in [1.29, 1.82) is 0 Å². The van der Waals surface area contributed by atoms with Crippen LogP contribution in [0.2, 0.25) is 0 Å². The second kappa shape index (κ2) is 12.6. The highest BCUT2D eigenvalue weighted by Gasteiger charge is 2.35. The van der Waals surface area contributed by atoms with Crippen LogP contribution in [-0.2, 0) is 5.41 Å². The monoisotopic (exact) mass is 695 g/mol. The van der Waals surface area contributed by atoms with Crippen LogP contribution in [0.3, 0.4) is 0 Å². The van der Waals surface area contributed by atoms with Crippen molar-refractivity contribution in [1.82, 2.24) is 9.55 Å². The lowest BCUT2D eigenvalue weighted by molar-refractivity contribution is 0.660. The fourth-order valence-corrected chi connectivity index (χ4v) is 8.87. The highest BCUT2D eigenvalue weighted by atomic mass is 15.1. The number of rotatable bonds is 6. The van der Waals surface area contributed by atoms with Gasteiger partial charge in [0.1, 0.15) is 0 Å². The predicted molar refractivity (Wildman–Crippen MR) is 228 cm³/mol. The van der Waals surface area contributed by atoms with Gasteiger partial charge in [-0.15, -0.1) is 0 Å². The average molecular weight is 696 g/mol. The fourth-order valence-electron chi connectivity index (χ4n) is 8.87. The third-order valence-corrected chi connectivity index (χ3v) is 11.6. The molecule has 1 atom stereocenters. The van der Waals surface area contributed by atoms with E-state index in [1.165, 1.54) is 60.9 Å². The summed E-state index contributed by atoms with van der Waals surface area (Å²) in [5.41, 5.74) is 17.2. The summed E-state index contributed by atoms with van der Waals surface area (Å²) in [7, 11) is 0. The highest BCUT2D eigenvalue weighted by molar-refractivity contribution is 6.11. The molecule has 1 unspecified atom stereocenters. The number of fused-ring (bicyclic) bond motifs is 6. The van der Waals surface area contributed by atoms with Gasteiger partial charge in [-0.2, -0.15) is 0 Å². The number of para-hydroxylation sites is 1. The maximum atomic E-state index is 4.35. The molecule has 3 heteroatoms. The van der Waals surface area contributed by atoms with Crippen molar-refractivity contribution in [2.45, 2.75) is 32.6 Å². The Bertz CT molecular complexity index is 2760. The van der Waals surface area contributed by atoms with Gasteiger partial charge in [0.15, 0.2) is 0 Å². The van der Waals surface area contributed by atoms with E-state index in [0.717, 1.165) is 34.6 Å². The van der Waals surface area contributed by atoms with Crippen molar-refractivity contribution in [3.05, 3.63) is 187 Å². The van der Waals surface area contributed by atoms with Crippen LogP contribution < -0.4 is 4.90 Å². The highest BCUT2D eigenvalue weighted by Crippen LogP contribution is 2.50. The molecule has 0 bridgehead atoms. The van der Waals surface area contributed by atoms with Gasteiger partial charge < -0.3 is 9.47 Å². The standard InChI is InChI=1S/C51H41N3/c1-34-10-8-12-41(30-34)54-49-16-7-5-14-45(49)46-31-37(21-28-50(46)54)35-17-22-39(23-18-35)53(40-24-19-36(20-25-40)38-11-9-29-52-33-38)42-26-27-44-43-13-4-6-15-47(43)51(2,3)48(44)32-42/h4-29,31-34H,30H2,1-3H3. The van der Waals surface area contributed by atoms with Crippen LogP contribution in [0.25, 0.3) is 60.9 Å². The third kappa shape index (κ3) is 5.22. The van der Waals surface area contributed by atoms with E-state index in [-0.39, 0.29) is 5.41 Å². The predicted octanol–water partition coefficient (Wildman–Crippen LogP) is 13.7. The van der Waals surface area contributed by atoms with Crippen LogP contribution in [0.15, 0.2) is 176 Å². The van der Waals surface area contributed by atoms with Crippen molar-refractivity contribution in [2.24, 2.45) is 5.92 Å². The number of hydrogen-bond acceptors (Lipinski definition) is 2. The second-order valence-electron chi connectivity index (χ2n) is 15.4. The van der Waals surface area contributed by atoms with E-state index in [2.05, 4.69) is 193 Å². The minimum Gasteiger partial charge on any atom is -0.313 e. The summed E-state index contributed by atoms with van der Waals surface area (Å²) in [6.07, 6.45) is 11.6. The smallest absolute Gasteiger partial charge is 0.0538 e. The Hall–Kier alpha value is -6.45. The van der Waals surface area contributed by atoms with Gasteiger partial charge in [-0.05, 0) is 124 Å². The van der Waals surface area contributed by atoms with Gasteiger partial charge in [-0.25, -0.2) is 0 Å². The maximum absolute atomic E-state index is 4.35. The van der Waals surface area contributed by atoms with E-state index in [9.17, 15) is 0 Å². The topological polar surface area (TPSA) is 21.1 Å². The molecule has 8 aromatic rings. The molecule has 0 N–H and O–H groups in total. The first-order valence-electron chi connectivity index (χ1n) is 19.0. The normalized spacial score (nSPS) is 15.6. The molecule has 0 amide bonds. The van der Waals surface area contributed by atoms with E-state index in [1.54, 1.807) is 0 Å². The summed E-state index contributed by atoms with van der Waals surface area (Å²) >= 11 is 0. The Morgan fingerprint density at radius 2 is 1.26 bits per heavy atom. The molecule has 6 aromatic carbocycles. The Labute approximate surface area is 317 Å². The molecule has 0 saturated heterocycles. The molecule has 0 spiro atoms. The lowest BCUT2D eigenvalue weighted by Gasteiger charge is -2.28. The number of aromatic nitrogens is 2. The minimum atomic E-state index is -0.0914. The quantitative estimate of drug-likeness (QED) is 0.173. The van der Waals surface area contributed by atoms with Gasteiger partial charge in [0.05, 0.1) is 11.0 Å². The van der Waals surface area contributed by atoms with Crippen LogP contribution in [0.1, 0.15) is 38.3 Å². The maximum Gasteiger partial charge on any atom is 0.0538 e. The number of hydrogen-bond donors (Lipinski definition) is 0. The van der Waals surface area contributed by atoms with Gasteiger partial charge in [0.25, 0.3) is 0 Å². The van der Waals surface area contributed by atoms with Gasteiger partial charge in [0.2, 0.25) is 0 Å². The first kappa shape index (κ1) is 32.2. The van der Waals surface area contributed by atoms with E-state index in [4.69, 9.17) is 0 Å². The van der Waals surface area contributed by atoms with Crippen molar-refractivity contribution < 1.29 is 0 Å². The van der Waals surface area contributed by atoms with Crippen LogP contribution in [0.5, 0.6) is 0 Å². The van der Waals surface area contributed by atoms with Crippen LogP contribution >= 0.6 is 0 Å². The molecular weight excluding hydrogens is 655 g/mol. The molecule has 2 heterocycles. The first-order chi connectivity index (χ1) is 26.4. The van der Waals surface area contributed by atoms with Crippen LogP contribution in [0.4, 0.5) is 17.1 Å². The number of benzene rings is 6. The number of allylic oxidation sites excluding steroid dienone is 4. The number of anilines is 3. The Balaban J connectivity index is 1.06. The largest absolute Gasteiger partial charge is 0.313 e. The van der Waals surface area contributed by atoms with Gasteiger partial charge in [-0.3, -0.25) is 4.98 Å². The zero-order chi connectivity index (χ0) is 36.4. The zero-order valence-corrected chi connectivity index (χ0v) is 30.9. The van der Waals surface area contributed by atoms with E-state index >= 15 is 0 Å². The minimum absolute atomic E-state index is 0.0914. The SMILES string of the molecule is CC1C=CC=C(n2c3ccccc3c3cc(-c4ccc(N(c5ccc(-c6cccnc6)cc5)c5ccc6c(c5)C(C)(C)c5ccccc5-6)cc4)ccc32)C1. The molecule has 10 rings (SSSR count). The van der Waals surface area contributed by atoms with E-state index in [1.807, 2.05) is 18.5 Å². The second-order valence-corrected chi connectivity index (χ2v) is 15.4.